The van der Waals surface area contributed by atoms with Gasteiger partial charge in [-0.15, -0.1) is 0 Å². The third-order valence-electron chi connectivity index (χ3n) is 5.37. The van der Waals surface area contributed by atoms with Gasteiger partial charge in [0.15, 0.2) is 0 Å². The molecule has 152 valence electrons. The van der Waals surface area contributed by atoms with Crippen LogP contribution in [0, 0.1) is 11.8 Å². The van der Waals surface area contributed by atoms with E-state index in [1.54, 1.807) is 0 Å². The molecule has 1 aliphatic carbocycles. The Labute approximate surface area is 166 Å². The number of rotatable bonds is 8. The lowest BCUT2D eigenvalue weighted by atomic mass is 9.89. The van der Waals surface area contributed by atoms with Crippen molar-refractivity contribution in [1.29, 1.82) is 0 Å². The third kappa shape index (κ3) is 5.69. The molecule has 0 bridgehead atoms. The third-order valence-corrected chi connectivity index (χ3v) is 5.97. The van der Waals surface area contributed by atoms with Gasteiger partial charge in [0.05, 0.1) is 18.8 Å². The van der Waals surface area contributed by atoms with Gasteiger partial charge in [0.2, 0.25) is 15.9 Å². The zero-order chi connectivity index (χ0) is 20.3. The second-order valence-corrected chi connectivity index (χ2v) is 9.72. The van der Waals surface area contributed by atoms with Crippen LogP contribution in [0.4, 0.5) is 0 Å². The monoisotopic (exact) mass is 404 g/mol. The van der Waals surface area contributed by atoms with Gasteiger partial charge in [0.25, 0.3) is 0 Å². The minimum Gasteiger partial charge on any atom is -0.393 e. The molecule has 28 heavy (non-hydrogen) atoms. The number of aliphatic hydroxyl groups excluding tert-OH is 1. The molecule has 3 rings (SSSR count). The highest BCUT2D eigenvalue weighted by atomic mass is 32.2. The molecule has 1 amide bonds. The maximum absolute atomic E-state index is 11.8. The second-order valence-electron chi connectivity index (χ2n) is 7.97. The number of carbonyl (C=O) groups excluding carboxylic acids is 1. The van der Waals surface area contributed by atoms with Crippen molar-refractivity contribution in [2.45, 2.75) is 45.3 Å². The van der Waals surface area contributed by atoms with Gasteiger partial charge in [-0.2, -0.15) is 0 Å². The average molecular weight is 405 g/mol. The van der Waals surface area contributed by atoms with Crippen molar-refractivity contribution in [3.8, 4) is 0 Å². The molecule has 1 aliphatic rings. The van der Waals surface area contributed by atoms with Crippen molar-refractivity contribution in [2.75, 3.05) is 6.26 Å². The maximum atomic E-state index is 11.8. The Morgan fingerprint density at radius 3 is 2.46 bits per heavy atom. The molecule has 2 atom stereocenters. The lowest BCUT2D eigenvalue weighted by Crippen LogP contribution is -2.30. The number of hydrogen-bond acceptors (Lipinski definition) is 4. The minimum atomic E-state index is -3.54. The highest BCUT2D eigenvalue weighted by Crippen LogP contribution is 2.32. The minimum absolute atomic E-state index is 0.0113. The molecule has 0 spiro atoms. The summed E-state index contributed by atoms with van der Waals surface area (Å²) in [6.07, 6.45) is 7.33. The predicted octanol–water partition coefficient (Wildman–Crippen LogP) is 1.91. The molecule has 1 aromatic carbocycles. The largest absolute Gasteiger partial charge is 0.393 e. The fourth-order valence-electron chi connectivity index (χ4n) is 4.08. The number of aliphatic hydroxyl groups is 1. The summed E-state index contributed by atoms with van der Waals surface area (Å²) in [6.45, 7) is 2.49. The second kappa shape index (κ2) is 8.49. The number of benzene rings is 1. The van der Waals surface area contributed by atoms with Crippen LogP contribution >= 0.6 is 0 Å². The Morgan fingerprint density at radius 2 is 1.89 bits per heavy atom. The van der Waals surface area contributed by atoms with E-state index in [4.69, 9.17) is 0 Å². The Hall–Kier alpha value is -2.12. The molecule has 2 N–H and O–H groups in total. The van der Waals surface area contributed by atoms with E-state index in [1.165, 1.54) is 11.1 Å². The van der Waals surface area contributed by atoms with Crippen LogP contribution in [0.25, 0.3) is 0 Å². The Bertz CT molecular complexity index is 908. The Balaban J connectivity index is 1.58. The van der Waals surface area contributed by atoms with Crippen LogP contribution in [0.3, 0.4) is 0 Å². The molecule has 0 aliphatic heterocycles. The summed E-state index contributed by atoms with van der Waals surface area (Å²) in [6, 6.07) is 10.3. The van der Waals surface area contributed by atoms with E-state index in [1.807, 2.05) is 34.7 Å². The van der Waals surface area contributed by atoms with Crippen molar-refractivity contribution >= 4 is 15.9 Å². The highest BCUT2D eigenvalue weighted by Gasteiger charge is 2.26. The van der Waals surface area contributed by atoms with Crippen LogP contribution in [-0.2, 0) is 40.6 Å². The molecule has 0 fully saturated rings. The van der Waals surface area contributed by atoms with Crippen molar-refractivity contribution in [1.82, 2.24) is 9.29 Å². The molecule has 1 aromatic heterocycles. The number of hydrogen-bond donors (Lipinski definition) is 2. The first-order valence-corrected chi connectivity index (χ1v) is 11.5. The van der Waals surface area contributed by atoms with E-state index in [2.05, 4.69) is 24.3 Å². The van der Waals surface area contributed by atoms with E-state index in [0.29, 0.717) is 12.5 Å². The lowest BCUT2D eigenvalue weighted by molar-refractivity contribution is -0.118. The van der Waals surface area contributed by atoms with Gasteiger partial charge in [-0.3, -0.25) is 9.52 Å². The van der Waals surface area contributed by atoms with E-state index in [9.17, 15) is 18.3 Å². The number of nitrogens with zero attached hydrogens (tertiary/aromatic N) is 1. The van der Waals surface area contributed by atoms with Gasteiger partial charge in [0, 0.05) is 24.9 Å². The summed E-state index contributed by atoms with van der Waals surface area (Å²) < 4.78 is 26.2. The number of sulfonamides is 1. The molecule has 1 heterocycles. The van der Waals surface area contributed by atoms with E-state index in [-0.39, 0.29) is 12.3 Å². The van der Waals surface area contributed by atoms with Crippen LogP contribution in [0.15, 0.2) is 42.7 Å². The van der Waals surface area contributed by atoms with E-state index in [0.717, 1.165) is 31.1 Å². The molecule has 0 saturated carbocycles. The fraction of sp³-hybridized carbons (Fsp3) is 0.476. The molecule has 0 radical (unpaired) electrons. The van der Waals surface area contributed by atoms with Crippen molar-refractivity contribution in [3.63, 3.8) is 0 Å². The van der Waals surface area contributed by atoms with Gasteiger partial charge in [-0.05, 0) is 54.9 Å². The number of amides is 1. The number of fused-ring (bicyclic) bond motifs is 1. The standard InChI is InChI=1S/C21H28N2O4S/c1-15(24)20(11-17-9-18-5-3-4-6-19(18)10-17)14-23-8-7-16(13-23)12-21(25)22-28(2,26)27/h3-8,13,15,17,20,24H,9-12,14H2,1-2H3,(H,22,25)/t15-,20+/m1/s1. The van der Waals surface area contributed by atoms with Crippen molar-refractivity contribution in [2.24, 2.45) is 11.8 Å². The summed E-state index contributed by atoms with van der Waals surface area (Å²) in [5.74, 6) is 0.105. The van der Waals surface area contributed by atoms with Crippen LogP contribution in [0.1, 0.15) is 30.0 Å². The zero-order valence-corrected chi connectivity index (χ0v) is 17.2. The summed E-state index contributed by atoms with van der Waals surface area (Å²) >= 11 is 0. The number of carbonyl (C=O) groups is 1. The molecule has 2 aromatic rings. The van der Waals surface area contributed by atoms with Crippen LogP contribution in [0.2, 0.25) is 0 Å². The maximum Gasteiger partial charge on any atom is 0.237 e. The average Bonchev–Trinajstić information content (AvgIpc) is 3.18. The van der Waals surface area contributed by atoms with E-state index < -0.39 is 22.0 Å². The van der Waals surface area contributed by atoms with Crippen LogP contribution in [-0.4, -0.2) is 36.4 Å². The molecule has 0 saturated heterocycles. The van der Waals surface area contributed by atoms with Crippen molar-refractivity contribution in [3.05, 3.63) is 59.4 Å². The fourth-order valence-corrected chi connectivity index (χ4v) is 4.56. The molecular weight excluding hydrogens is 376 g/mol. The molecule has 7 heteroatoms. The van der Waals surface area contributed by atoms with Crippen molar-refractivity contribution < 1.29 is 18.3 Å². The molecule has 6 nitrogen and oxygen atoms in total. The molecule has 0 unspecified atom stereocenters. The quantitative estimate of drug-likeness (QED) is 0.703. The van der Waals surface area contributed by atoms with E-state index >= 15 is 0 Å². The summed E-state index contributed by atoms with van der Waals surface area (Å²) in [7, 11) is -3.54. The van der Waals surface area contributed by atoms with Gasteiger partial charge in [-0.1, -0.05) is 24.3 Å². The number of nitrogens with one attached hydrogen (secondary N) is 1. The normalized spacial score (nSPS) is 16.5. The van der Waals surface area contributed by atoms with Gasteiger partial charge >= 0.3 is 0 Å². The topological polar surface area (TPSA) is 88.4 Å². The lowest BCUT2D eigenvalue weighted by Gasteiger charge is -2.24. The SMILES string of the molecule is C[C@@H](O)[C@@H](CC1Cc2ccccc2C1)Cn1ccc(CC(=O)NS(C)(=O)=O)c1. The zero-order valence-electron chi connectivity index (χ0n) is 16.3. The smallest absolute Gasteiger partial charge is 0.237 e. The van der Waals surface area contributed by atoms with Gasteiger partial charge in [-0.25, -0.2) is 8.42 Å². The Morgan fingerprint density at radius 1 is 1.25 bits per heavy atom. The van der Waals surface area contributed by atoms with Gasteiger partial charge in [0.1, 0.15) is 0 Å². The predicted molar refractivity (Wildman–Crippen MR) is 108 cm³/mol. The molecular formula is C21H28N2O4S. The van der Waals surface area contributed by atoms with Gasteiger partial charge < -0.3 is 9.67 Å². The summed E-state index contributed by atoms with van der Waals surface area (Å²) in [4.78, 5) is 11.8. The summed E-state index contributed by atoms with van der Waals surface area (Å²) in [5, 5.41) is 10.3. The first-order valence-electron chi connectivity index (χ1n) is 9.59. The Kier molecular flexibility index (Phi) is 6.25. The first kappa shape index (κ1) is 20.6. The summed E-state index contributed by atoms with van der Waals surface area (Å²) in [5.41, 5.74) is 3.58. The van der Waals surface area contributed by atoms with Crippen LogP contribution < -0.4 is 4.72 Å². The van der Waals surface area contributed by atoms with Crippen LogP contribution in [0.5, 0.6) is 0 Å². The number of aromatic nitrogens is 1. The highest BCUT2D eigenvalue weighted by molar-refractivity contribution is 7.89. The first-order chi connectivity index (χ1) is 13.2.